The number of aromatic amines is 1. The molecule has 0 amide bonds. The molecule has 0 aromatic carbocycles. The maximum Gasteiger partial charge on any atom is 0.139 e. The predicted octanol–water partition coefficient (Wildman–Crippen LogP) is 2.69. The fourth-order valence-electron chi connectivity index (χ4n) is 4.06. The zero-order valence-electron chi connectivity index (χ0n) is 13.1. The second-order valence-electron chi connectivity index (χ2n) is 6.59. The maximum atomic E-state index is 5.77. The summed E-state index contributed by atoms with van der Waals surface area (Å²) in [5, 5.41) is 4.76. The summed E-state index contributed by atoms with van der Waals surface area (Å²) in [7, 11) is 0. The van der Waals surface area contributed by atoms with Crippen LogP contribution in [0.3, 0.4) is 0 Å². The number of imidazole rings is 1. The van der Waals surface area contributed by atoms with Crippen molar-refractivity contribution in [3.05, 3.63) is 24.3 Å². The minimum absolute atomic E-state index is 0.346. The number of pyridine rings is 1. The molecule has 0 saturated carbocycles. The smallest absolute Gasteiger partial charge is 0.139 e. The van der Waals surface area contributed by atoms with Crippen molar-refractivity contribution in [3.8, 4) is 0 Å². The molecule has 2 atom stereocenters. The fourth-order valence-corrected chi connectivity index (χ4v) is 4.06. The first-order valence-corrected chi connectivity index (χ1v) is 8.57. The Balaban J connectivity index is 1.77. The van der Waals surface area contributed by atoms with Gasteiger partial charge >= 0.3 is 0 Å². The molecule has 2 saturated heterocycles. The number of nitrogens with zero attached hydrogens (tertiary/aromatic N) is 3. The highest BCUT2D eigenvalue weighted by Crippen LogP contribution is 2.34. The second-order valence-corrected chi connectivity index (χ2v) is 6.59. The minimum atomic E-state index is 0.346. The number of ether oxygens (including phenoxy) is 1. The Morgan fingerprint density at radius 3 is 3.09 bits per heavy atom. The highest BCUT2D eigenvalue weighted by atomic mass is 16.5. The molecule has 5 heterocycles. The standard InChI is InChI=1S/C17H21N5O/c1-4-13(18-6-1)17-21-14-9-20-16-12(5-7-19-16)15(14)22(17)11-3-2-8-23-10-11/h5,7,9,11,13,18H,1-4,6,8,10H2,(H,19,20)/t11?,13-/m1/s1. The number of fused-ring (bicyclic) bond motifs is 3. The van der Waals surface area contributed by atoms with Gasteiger partial charge in [-0.1, -0.05) is 0 Å². The van der Waals surface area contributed by atoms with Gasteiger partial charge in [0.05, 0.1) is 30.4 Å². The van der Waals surface area contributed by atoms with Gasteiger partial charge in [0.15, 0.2) is 0 Å². The zero-order chi connectivity index (χ0) is 15.2. The second kappa shape index (κ2) is 5.32. The van der Waals surface area contributed by atoms with Crippen molar-refractivity contribution in [1.29, 1.82) is 0 Å². The molecule has 120 valence electrons. The molecular weight excluding hydrogens is 290 g/mol. The van der Waals surface area contributed by atoms with E-state index in [0.717, 1.165) is 61.4 Å². The summed E-state index contributed by atoms with van der Waals surface area (Å²) >= 11 is 0. The average Bonchev–Trinajstić information content (AvgIpc) is 3.32. The molecule has 0 aliphatic carbocycles. The van der Waals surface area contributed by atoms with E-state index in [1.54, 1.807) is 0 Å². The Bertz CT molecular complexity index is 839. The molecular formula is C17H21N5O. The van der Waals surface area contributed by atoms with Gasteiger partial charge in [-0.25, -0.2) is 9.97 Å². The van der Waals surface area contributed by atoms with Gasteiger partial charge in [0.2, 0.25) is 0 Å². The molecule has 6 nitrogen and oxygen atoms in total. The third-order valence-corrected chi connectivity index (χ3v) is 5.13. The normalized spacial score (nSPS) is 25.6. The minimum Gasteiger partial charge on any atom is -0.379 e. The monoisotopic (exact) mass is 311 g/mol. The van der Waals surface area contributed by atoms with Crippen LogP contribution in [-0.2, 0) is 4.74 Å². The quantitative estimate of drug-likeness (QED) is 0.763. The average molecular weight is 311 g/mol. The summed E-state index contributed by atoms with van der Waals surface area (Å²) in [4.78, 5) is 12.7. The van der Waals surface area contributed by atoms with Crippen LogP contribution >= 0.6 is 0 Å². The molecule has 0 spiro atoms. The summed E-state index contributed by atoms with van der Waals surface area (Å²) in [6.45, 7) is 2.73. The third-order valence-electron chi connectivity index (χ3n) is 5.13. The van der Waals surface area contributed by atoms with E-state index in [0.29, 0.717) is 12.1 Å². The molecule has 2 aliphatic rings. The molecule has 2 fully saturated rings. The molecule has 2 aliphatic heterocycles. The van der Waals surface area contributed by atoms with Crippen molar-refractivity contribution < 1.29 is 4.74 Å². The van der Waals surface area contributed by atoms with Crippen LogP contribution in [0.4, 0.5) is 0 Å². The van der Waals surface area contributed by atoms with E-state index in [1.807, 2.05) is 12.4 Å². The lowest BCUT2D eigenvalue weighted by atomic mass is 10.1. The van der Waals surface area contributed by atoms with E-state index >= 15 is 0 Å². The van der Waals surface area contributed by atoms with Crippen LogP contribution in [0.2, 0.25) is 0 Å². The predicted molar refractivity (Wildman–Crippen MR) is 88.5 cm³/mol. The van der Waals surface area contributed by atoms with Gasteiger partial charge in [-0.05, 0) is 38.3 Å². The molecule has 5 rings (SSSR count). The van der Waals surface area contributed by atoms with E-state index in [-0.39, 0.29) is 0 Å². The summed E-state index contributed by atoms with van der Waals surface area (Å²) in [5.74, 6) is 1.16. The van der Waals surface area contributed by atoms with Gasteiger partial charge in [0.25, 0.3) is 0 Å². The van der Waals surface area contributed by atoms with Gasteiger partial charge in [0, 0.05) is 18.2 Å². The summed E-state index contributed by atoms with van der Waals surface area (Å²) in [5.41, 5.74) is 3.13. The van der Waals surface area contributed by atoms with Crippen molar-refractivity contribution in [2.45, 2.75) is 37.8 Å². The van der Waals surface area contributed by atoms with Gasteiger partial charge in [-0.3, -0.25) is 0 Å². The Morgan fingerprint density at radius 1 is 1.26 bits per heavy atom. The van der Waals surface area contributed by atoms with Crippen molar-refractivity contribution in [1.82, 2.24) is 24.8 Å². The van der Waals surface area contributed by atoms with Crippen molar-refractivity contribution in [2.24, 2.45) is 0 Å². The molecule has 1 unspecified atom stereocenters. The van der Waals surface area contributed by atoms with E-state index in [9.17, 15) is 0 Å². The van der Waals surface area contributed by atoms with Crippen LogP contribution in [0.1, 0.15) is 43.6 Å². The molecule has 2 N–H and O–H groups in total. The van der Waals surface area contributed by atoms with Gasteiger partial charge < -0.3 is 19.6 Å². The lowest BCUT2D eigenvalue weighted by Gasteiger charge is -2.27. The largest absolute Gasteiger partial charge is 0.379 e. The number of aromatic nitrogens is 4. The molecule has 6 heteroatoms. The van der Waals surface area contributed by atoms with E-state index in [1.165, 1.54) is 11.9 Å². The SMILES string of the molecule is c1cc2c(ncc3nc([C@H]4CCCN4)n(C4CCCOC4)c32)[nH]1. The van der Waals surface area contributed by atoms with Gasteiger partial charge in [-0.2, -0.15) is 0 Å². The molecule has 0 radical (unpaired) electrons. The Hall–Kier alpha value is -1.92. The molecule has 0 bridgehead atoms. The van der Waals surface area contributed by atoms with Crippen LogP contribution in [0.25, 0.3) is 22.1 Å². The number of rotatable bonds is 2. The van der Waals surface area contributed by atoms with E-state index in [2.05, 4.69) is 25.9 Å². The molecule has 3 aromatic rings. The highest BCUT2D eigenvalue weighted by Gasteiger charge is 2.29. The van der Waals surface area contributed by atoms with E-state index < -0.39 is 0 Å². The number of hydrogen-bond donors (Lipinski definition) is 2. The van der Waals surface area contributed by atoms with Crippen LogP contribution in [0.5, 0.6) is 0 Å². The third kappa shape index (κ3) is 2.09. The lowest BCUT2D eigenvalue weighted by molar-refractivity contribution is 0.0591. The first kappa shape index (κ1) is 13.5. The Morgan fingerprint density at radius 2 is 2.26 bits per heavy atom. The van der Waals surface area contributed by atoms with Gasteiger partial charge in [0.1, 0.15) is 17.0 Å². The Labute approximate surface area is 134 Å². The van der Waals surface area contributed by atoms with E-state index in [4.69, 9.17) is 9.72 Å². The number of hydrogen-bond acceptors (Lipinski definition) is 4. The summed E-state index contributed by atoms with van der Waals surface area (Å²) in [6, 6.07) is 2.82. The molecule has 23 heavy (non-hydrogen) atoms. The lowest BCUT2D eigenvalue weighted by Crippen LogP contribution is -2.26. The number of H-pyrrole nitrogens is 1. The van der Waals surface area contributed by atoms with Crippen molar-refractivity contribution >= 4 is 22.1 Å². The topological polar surface area (TPSA) is 67.8 Å². The van der Waals surface area contributed by atoms with Gasteiger partial charge in [-0.15, -0.1) is 0 Å². The number of nitrogens with one attached hydrogen (secondary N) is 2. The fraction of sp³-hybridized carbons (Fsp3) is 0.529. The van der Waals surface area contributed by atoms with Crippen LogP contribution in [0.15, 0.2) is 18.5 Å². The zero-order valence-corrected chi connectivity index (χ0v) is 13.1. The summed E-state index contributed by atoms with van der Waals surface area (Å²) < 4.78 is 8.21. The molecule has 3 aromatic heterocycles. The highest BCUT2D eigenvalue weighted by molar-refractivity contribution is 6.01. The van der Waals surface area contributed by atoms with Crippen LogP contribution in [-0.4, -0.2) is 39.3 Å². The van der Waals surface area contributed by atoms with Crippen molar-refractivity contribution in [3.63, 3.8) is 0 Å². The first-order chi connectivity index (χ1) is 11.4. The van der Waals surface area contributed by atoms with Crippen LogP contribution in [0, 0.1) is 0 Å². The maximum absolute atomic E-state index is 5.77. The first-order valence-electron chi connectivity index (χ1n) is 8.57. The van der Waals surface area contributed by atoms with Crippen LogP contribution < -0.4 is 5.32 Å². The summed E-state index contributed by atoms with van der Waals surface area (Å²) in [6.07, 6.45) is 8.49. The Kier molecular flexibility index (Phi) is 3.12. The van der Waals surface area contributed by atoms with Crippen molar-refractivity contribution in [2.75, 3.05) is 19.8 Å².